The van der Waals surface area contributed by atoms with Crippen molar-refractivity contribution < 1.29 is 9.18 Å². The number of halogens is 1. The van der Waals surface area contributed by atoms with Crippen LogP contribution in [-0.4, -0.2) is 44.0 Å². The summed E-state index contributed by atoms with van der Waals surface area (Å²) in [6.45, 7) is 3.66. The molecule has 1 atom stereocenters. The third-order valence-electron chi connectivity index (χ3n) is 5.60. The minimum absolute atomic E-state index is 0.152. The van der Waals surface area contributed by atoms with Gasteiger partial charge in [-0.1, -0.05) is 12.1 Å². The van der Waals surface area contributed by atoms with Crippen LogP contribution in [-0.2, 0) is 4.79 Å². The zero-order valence-corrected chi connectivity index (χ0v) is 16.4. The smallest absolute Gasteiger partial charge is 0.257 e. The second kappa shape index (κ2) is 7.28. The summed E-state index contributed by atoms with van der Waals surface area (Å²) in [7, 11) is 4.12. The molecule has 0 aliphatic carbocycles. The molecule has 2 aliphatic rings. The lowest BCUT2D eigenvalue weighted by atomic mass is 10.0. The van der Waals surface area contributed by atoms with Crippen molar-refractivity contribution in [1.29, 1.82) is 0 Å². The number of carbonyl (C=O) groups is 1. The highest BCUT2D eigenvalue weighted by Gasteiger charge is 2.27. The van der Waals surface area contributed by atoms with Crippen LogP contribution in [0.4, 0.5) is 21.5 Å². The van der Waals surface area contributed by atoms with Crippen LogP contribution in [0.2, 0.25) is 0 Å². The summed E-state index contributed by atoms with van der Waals surface area (Å²) in [6.07, 6.45) is 2.69. The van der Waals surface area contributed by atoms with Crippen LogP contribution in [0.25, 0.3) is 5.57 Å². The topological polar surface area (TPSA) is 47.6 Å². The maximum absolute atomic E-state index is 14.7. The Balaban J connectivity index is 1.52. The first kappa shape index (κ1) is 18.5. The van der Waals surface area contributed by atoms with E-state index in [1.54, 1.807) is 6.20 Å². The zero-order chi connectivity index (χ0) is 19.8. The summed E-state index contributed by atoms with van der Waals surface area (Å²) >= 11 is 0. The molecule has 2 heterocycles. The maximum Gasteiger partial charge on any atom is 0.257 e. The van der Waals surface area contributed by atoms with Crippen LogP contribution in [0.1, 0.15) is 17.5 Å². The number of anilines is 3. The fraction of sp³-hybridized carbons (Fsp3) is 0.318. The van der Waals surface area contributed by atoms with Gasteiger partial charge in [0.2, 0.25) is 0 Å². The Morgan fingerprint density at radius 1 is 1.29 bits per heavy atom. The Morgan fingerprint density at radius 2 is 2.11 bits per heavy atom. The highest BCUT2D eigenvalue weighted by atomic mass is 19.1. The van der Waals surface area contributed by atoms with Gasteiger partial charge in [0.1, 0.15) is 5.82 Å². The van der Waals surface area contributed by atoms with Gasteiger partial charge in [-0.25, -0.2) is 4.39 Å². The van der Waals surface area contributed by atoms with Crippen LogP contribution in [0.5, 0.6) is 0 Å². The lowest BCUT2D eigenvalue weighted by Crippen LogP contribution is -2.31. The van der Waals surface area contributed by atoms with E-state index in [2.05, 4.69) is 34.5 Å². The van der Waals surface area contributed by atoms with E-state index < -0.39 is 0 Å². The molecule has 5 nitrogen and oxygen atoms in total. The first-order valence-corrected chi connectivity index (χ1v) is 9.53. The summed E-state index contributed by atoms with van der Waals surface area (Å²) in [5.41, 5.74) is 4.53. The molecule has 2 N–H and O–H groups in total. The highest BCUT2D eigenvalue weighted by Crippen LogP contribution is 2.34. The van der Waals surface area contributed by atoms with Crippen molar-refractivity contribution in [1.82, 2.24) is 4.90 Å². The summed E-state index contributed by atoms with van der Waals surface area (Å²) < 4.78 is 14.7. The molecule has 1 unspecified atom stereocenters. The largest absolute Gasteiger partial charge is 0.368 e. The molecule has 2 aromatic rings. The molecule has 0 saturated carbocycles. The van der Waals surface area contributed by atoms with E-state index in [-0.39, 0.29) is 11.7 Å². The van der Waals surface area contributed by atoms with E-state index in [0.717, 1.165) is 36.3 Å². The van der Waals surface area contributed by atoms with E-state index >= 15 is 0 Å². The van der Waals surface area contributed by atoms with E-state index in [1.807, 2.05) is 37.3 Å². The molecule has 4 rings (SSSR count). The molecule has 28 heavy (non-hydrogen) atoms. The fourth-order valence-corrected chi connectivity index (χ4v) is 3.96. The Hall–Kier alpha value is -2.86. The van der Waals surface area contributed by atoms with Gasteiger partial charge >= 0.3 is 0 Å². The number of nitrogens with one attached hydrogen (secondary N) is 2. The third kappa shape index (κ3) is 3.36. The van der Waals surface area contributed by atoms with Gasteiger partial charge in [0.25, 0.3) is 5.91 Å². The number of hydrogen-bond acceptors (Lipinski definition) is 4. The zero-order valence-electron chi connectivity index (χ0n) is 16.4. The van der Waals surface area contributed by atoms with Gasteiger partial charge in [-0.2, -0.15) is 0 Å². The number of rotatable bonds is 4. The molecule has 1 amide bonds. The Morgan fingerprint density at radius 3 is 2.82 bits per heavy atom. The fourth-order valence-electron chi connectivity index (χ4n) is 3.96. The average Bonchev–Trinajstić information content (AvgIpc) is 3.25. The average molecular weight is 380 g/mol. The minimum atomic E-state index is -0.254. The number of benzene rings is 2. The van der Waals surface area contributed by atoms with Crippen LogP contribution in [0, 0.1) is 12.7 Å². The van der Waals surface area contributed by atoms with Gasteiger partial charge < -0.3 is 20.4 Å². The van der Waals surface area contributed by atoms with Crippen molar-refractivity contribution in [2.24, 2.45) is 0 Å². The van der Waals surface area contributed by atoms with Gasteiger partial charge in [0, 0.05) is 42.3 Å². The van der Waals surface area contributed by atoms with Gasteiger partial charge in [0.15, 0.2) is 0 Å². The van der Waals surface area contributed by atoms with Crippen molar-refractivity contribution in [3.8, 4) is 0 Å². The summed E-state index contributed by atoms with van der Waals surface area (Å²) in [4.78, 5) is 16.6. The first-order chi connectivity index (χ1) is 13.4. The van der Waals surface area contributed by atoms with Gasteiger partial charge in [-0.3, -0.25) is 4.79 Å². The molecule has 2 aliphatic heterocycles. The Bertz CT molecular complexity index is 954. The number of fused-ring (bicyclic) bond motifs is 1. The first-order valence-electron chi connectivity index (χ1n) is 9.53. The number of likely N-dealkylation sites (N-methyl/N-ethyl adjacent to an activating group) is 1. The summed E-state index contributed by atoms with van der Waals surface area (Å²) in [5.74, 6) is -0.407. The monoisotopic (exact) mass is 380 g/mol. The SMILES string of the molecule is Cc1cccc2c1/C(=C/Nc1ccc(N3CCC(N(C)C)C3)c(F)c1)C(=O)N2. The Labute approximate surface area is 164 Å². The molecule has 0 spiro atoms. The van der Waals surface area contributed by atoms with Crippen LogP contribution in [0.15, 0.2) is 42.6 Å². The van der Waals surface area contributed by atoms with Crippen molar-refractivity contribution in [3.63, 3.8) is 0 Å². The van der Waals surface area contributed by atoms with E-state index in [1.165, 1.54) is 6.07 Å². The number of aryl methyl sites for hydroxylation is 1. The van der Waals surface area contributed by atoms with Gasteiger partial charge in [-0.05, 0) is 57.3 Å². The molecule has 2 aromatic carbocycles. The second-order valence-corrected chi connectivity index (χ2v) is 7.67. The van der Waals surface area contributed by atoms with Crippen molar-refractivity contribution >= 4 is 28.5 Å². The molecular formula is C22H25FN4O. The molecule has 0 radical (unpaired) electrons. The van der Waals surface area contributed by atoms with Crippen LogP contribution in [0.3, 0.4) is 0 Å². The number of nitrogens with zero attached hydrogens (tertiary/aromatic N) is 2. The quantitative estimate of drug-likeness (QED) is 0.795. The van der Waals surface area contributed by atoms with E-state index in [0.29, 0.717) is 23.0 Å². The van der Waals surface area contributed by atoms with Gasteiger partial charge in [-0.15, -0.1) is 0 Å². The number of amides is 1. The van der Waals surface area contributed by atoms with Crippen molar-refractivity contribution in [2.75, 3.05) is 42.7 Å². The number of hydrogen-bond donors (Lipinski definition) is 2. The molecule has 146 valence electrons. The molecule has 0 bridgehead atoms. The predicted octanol–water partition coefficient (Wildman–Crippen LogP) is 3.68. The summed E-state index contributed by atoms with van der Waals surface area (Å²) in [5, 5.41) is 5.94. The summed E-state index contributed by atoms with van der Waals surface area (Å²) in [6, 6.07) is 11.4. The third-order valence-corrected chi connectivity index (χ3v) is 5.60. The molecular weight excluding hydrogens is 355 g/mol. The lowest BCUT2D eigenvalue weighted by molar-refractivity contribution is -0.110. The molecule has 0 aromatic heterocycles. The molecule has 6 heteroatoms. The minimum Gasteiger partial charge on any atom is -0.368 e. The predicted molar refractivity (Wildman–Crippen MR) is 112 cm³/mol. The highest BCUT2D eigenvalue weighted by molar-refractivity contribution is 6.32. The van der Waals surface area contributed by atoms with Crippen molar-refractivity contribution in [2.45, 2.75) is 19.4 Å². The number of carbonyl (C=O) groups excluding carboxylic acids is 1. The standard InChI is InChI=1S/C22H25FN4O/c1-14-5-4-6-19-21(14)17(22(28)25-19)12-24-15-7-8-20(18(23)11-15)27-10-9-16(13-27)26(2)3/h4-8,11-12,16,24H,9-10,13H2,1-3H3,(H,25,28)/b17-12-. The maximum atomic E-state index is 14.7. The van der Waals surface area contributed by atoms with Crippen LogP contribution < -0.4 is 15.5 Å². The van der Waals surface area contributed by atoms with Gasteiger partial charge in [0.05, 0.1) is 11.3 Å². The molecule has 1 fully saturated rings. The van der Waals surface area contributed by atoms with Crippen molar-refractivity contribution in [3.05, 3.63) is 59.5 Å². The second-order valence-electron chi connectivity index (χ2n) is 7.67. The van der Waals surface area contributed by atoms with E-state index in [4.69, 9.17) is 0 Å². The van der Waals surface area contributed by atoms with Crippen LogP contribution >= 0.6 is 0 Å². The lowest BCUT2D eigenvalue weighted by Gasteiger charge is -2.22. The normalized spacial score (nSPS) is 20.0. The molecule has 1 saturated heterocycles. The van der Waals surface area contributed by atoms with E-state index in [9.17, 15) is 9.18 Å². The Kier molecular flexibility index (Phi) is 4.81.